The average Bonchev–Trinajstić information content (AvgIpc) is 3.30. The number of amides is 1. The highest BCUT2D eigenvalue weighted by Crippen LogP contribution is 2.35. The highest BCUT2D eigenvalue weighted by Gasteiger charge is 2.34. The lowest BCUT2D eigenvalue weighted by atomic mass is 10.0. The van der Waals surface area contributed by atoms with E-state index in [2.05, 4.69) is 0 Å². The number of hydrogen-bond acceptors (Lipinski definition) is 2. The second-order valence-electron chi connectivity index (χ2n) is 7.13. The summed E-state index contributed by atoms with van der Waals surface area (Å²) in [6.07, 6.45) is -1.37. The van der Waals surface area contributed by atoms with Gasteiger partial charge in [0.2, 0.25) is 5.91 Å². The summed E-state index contributed by atoms with van der Waals surface area (Å²) in [5.41, 5.74) is -1.78. The van der Waals surface area contributed by atoms with Crippen LogP contribution in [0.3, 0.4) is 0 Å². The van der Waals surface area contributed by atoms with Crippen LogP contribution in [0.15, 0.2) is 47.7 Å². The molecule has 1 aliphatic rings. The van der Waals surface area contributed by atoms with Crippen molar-refractivity contribution in [3.05, 3.63) is 64.6 Å². The molecule has 0 saturated carbocycles. The van der Waals surface area contributed by atoms with Gasteiger partial charge < -0.3 is 13.9 Å². The fourth-order valence-electron chi connectivity index (χ4n) is 3.61. The first-order valence-corrected chi connectivity index (χ1v) is 9.14. The molecular formula is C20H16F5N3O2. The summed E-state index contributed by atoms with van der Waals surface area (Å²) in [6, 6.07) is 3.96. The smallest absolute Gasteiger partial charge is 0.338 e. The van der Waals surface area contributed by atoms with Crippen molar-refractivity contribution in [3.8, 4) is 11.1 Å². The molecule has 1 saturated heterocycles. The topological polar surface area (TPSA) is 46.7 Å². The Morgan fingerprint density at radius 2 is 1.90 bits per heavy atom. The minimum atomic E-state index is -4.88. The predicted octanol–water partition coefficient (Wildman–Crippen LogP) is 3.50. The van der Waals surface area contributed by atoms with Crippen LogP contribution in [0.5, 0.6) is 0 Å². The summed E-state index contributed by atoms with van der Waals surface area (Å²) in [4.78, 5) is 26.6. The first-order valence-electron chi connectivity index (χ1n) is 9.14. The Kier molecular flexibility index (Phi) is 4.87. The van der Waals surface area contributed by atoms with Crippen LogP contribution in [-0.2, 0) is 17.5 Å². The van der Waals surface area contributed by atoms with Gasteiger partial charge in [0.05, 0.1) is 12.1 Å². The predicted molar refractivity (Wildman–Crippen MR) is 98.1 cm³/mol. The third kappa shape index (κ3) is 3.57. The number of halogens is 5. The van der Waals surface area contributed by atoms with Gasteiger partial charge in [-0.2, -0.15) is 13.2 Å². The molecule has 30 heavy (non-hydrogen) atoms. The zero-order valence-electron chi connectivity index (χ0n) is 15.5. The number of aromatic nitrogens is 2. The Balaban J connectivity index is 1.74. The number of rotatable bonds is 3. The Morgan fingerprint density at radius 3 is 2.57 bits per heavy atom. The number of carbonyl (C=O) groups is 1. The molecule has 3 heterocycles. The van der Waals surface area contributed by atoms with E-state index in [9.17, 15) is 31.5 Å². The third-order valence-corrected chi connectivity index (χ3v) is 5.16. The molecule has 1 unspecified atom stereocenters. The molecule has 0 spiro atoms. The maximum absolute atomic E-state index is 13.6. The van der Waals surface area contributed by atoms with E-state index in [0.29, 0.717) is 12.1 Å². The largest absolute Gasteiger partial charge is 0.419 e. The molecular weight excluding hydrogens is 409 g/mol. The number of alkyl halides is 4. The van der Waals surface area contributed by atoms with Gasteiger partial charge in [-0.3, -0.25) is 9.59 Å². The molecule has 0 aliphatic carbocycles. The molecule has 3 aromatic rings. The van der Waals surface area contributed by atoms with E-state index in [0.717, 1.165) is 10.6 Å². The van der Waals surface area contributed by atoms with Gasteiger partial charge in [-0.25, -0.2) is 8.78 Å². The van der Waals surface area contributed by atoms with Gasteiger partial charge in [0.25, 0.3) is 5.56 Å². The molecule has 1 fully saturated rings. The first-order chi connectivity index (χ1) is 14.1. The molecule has 1 atom stereocenters. The van der Waals surface area contributed by atoms with E-state index in [1.54, 1.807) is 0 Å². The number of fused-ring (bicyclic) bond motifs is 1. The molecule has 4 rings (SSSR count). The molecule has 158 valence electrons. The molecule has 10 heteroatoms. The Hall–Kier alpha value is -3.17. The highest BCUT2D eigenvalue weighted by molar-refractivity contribution is 5.81. The average molecular weight is 425 g/mol. The van der Waals surface area contributed by atoms with E-state index in [1.807, 2.05) is 0 Å². The highest BCUT2D eigenvalue weighted by atomic mass is 19.4. The Bertz CT molecular complexity index is 1180. The van der Waals surface area contributed by atoms with E-state index in [1.165, 1.54) is 34.0 Å². The van der Waals surface area contributed by atoms with Crippen LogP contribution in [-0.4, -0.2) is 39.0 Å². The van der Waals surface area contributed by atoms with Crippen molar-refractivity contribution in [1.29, 1.82) is 0 Å². The monoisotopic (exact) mass is 425 g/mol. The zero-order valence-corrected chi connectivity index (χ0v) is 15.5. The van der Waals surface area contributed by atoms with Crippen molar-refractivity contribution >= 4 is 11.4 Å². The van der Waals surface area contributed by atoms with Gasteiger partial charge in [-0.1, -0.05) is 6.07 Å². The normalized spacial score (nSPS) is 17.1. The lowest BCUT2D eigenvalue weighted by Crippen LogP contribution is -2.35. The van der Waals surface area contributed by atoms with Gasteiger partial charge in [0, 0.05) is 30.7 Å². The summed E-state index contributed by atoms with van der Waals surface area (Å²) < 4.78 is 68.7. The van der Waals surface area contributed by atoms with Crippen molar-refractivity contribution in [2.24, 2.45) is 0 Å². The van der Waals surface area contributed by atoms with Gasteiger partial charge in [-0.15, -0.1) is 0 Å². The lowest BCUT2D eigenvalue weighted by molar-refractivity contribution is -0.140. The van der Waals surface area contributed by atoms with Crippen LogP contribution in [0.25, 0.3) is 16.6 Å². The summed E-state index contributed by atoms with van der Waals surface area (Å²) in [5, 5.41) is 0. The van der Waals surface area contributed by atoms with Crippen molar-refractivity contribution in [2.75, 3.05) is 13.1 Å². The van der Waals surface area contributed by atoms with Crippen molar-refractivity contribution in [2.45, 2.75) is 25.3 Å². The minimum absolute atomic E-state index is 0.0206. The summed E-state index contributed by atoms with van der Waals surface area (Å²) in [7, 11) is 0. The van der Waals surface area contributed by atoms with E-state index in [4.69, 9.17) is 0 Å². The molecule has 5 nitrogen and oxygen atoms in total. The molecule has 0 radical (unpaired) electrons. The lowest BCUT2D eigenvalue weighted by Gasteiger charge is -2.16. The fraction of sp³-hybridized carbons (Fsp3) is 0.300. The number of benzene rings is 1. The number of likely N-dealkylation sites (tertiary alicyclic amines) is 1. The molecule has 0 bridgehead atoms. The van der Waals surface area contributed by atoms with Crippen molar-refractivity contribution in [3.63, 3.8) is 0 Å². The standard InChI is InChI=1S/C20H16F5N3O2/c21-13-3-5-27(10-13)17(29)11-28-8-7-26-6-4-14(18(26)19(28)30)12-1-2-16(22)15(9-12)20(23,24)25/h1-2,4,6-9,13H,3,5,10-11H2. The quantitative estimate of drug-likeness (QED) is 0.604. The SMILES string of the molecule is O=C(Cn1ccn2ccc(-c3ccc(F)c(C(F)(F)F)c3)c2c1=O)N1CCC(F)C1. The van der Waals surface area contributed by atoms with E-state index < -0.39 is 35.2 Å². The Morgan fingerprint density at radius 1 is 1.13 bits per heavy atom. The van der Waals surface area contributed by atoms with Crippen LogP contribution >= 0.6 is 0 Å². The fourth-order valence-corrected chi connectivity index (χ4v) is 3.61. The number of carbonyl (C=O) groups excluding carboxylic acids is 1. The summed E-state index contributed by atoms with van der Waals surface area (Å²) in [5.74, 6) is -1.83. The number of hydrogen-bond donors (Lipinski definition) is 0. The minimum Gasteiger partial charge on any atom is -0.338 e. The molecule has 1 aromatic carbocycles. The second kappa shape index (κ2) is 7.26. The van der Waals surface area contributed by atoms with Gasteiger partial charge >= 0.3 is 6.18 Å². The van der Waals surface area contributed by atoms with E-state index >= 15 is 0 Å². The third-order valence-electron chi connectivity index (χ3n) is 5.16. The van der Waals surface area contributed by atoms with E-state index in [-0.39, 0.29) is 42.7 Å². The molecule has 1 aliphatic heterocycles. The first kappa shape index (κ1) is 20.1. The van der Waals surface area contributed by atoms with Gasteiger partial charge in [0.1, 0.15) is 24.1 Å². The zero-order chi connectivity index (χ0) is 21.6. The summed E-state index contributed by atoms with van der Waals surface area (Å²) in [6.45, 7) is -0.0743. The van der Waals surface area contributed by atoms with Crippen LogP contribution in [0, 0.1) is 5.82 Å². The second-order valence-corrected chi connectivity index (χ2v) is 7.13. The molecule has 1 amide bonds. The maximum Gasteiger partial charge on any atom is 0.419 e. The van der Waals surface area contributed by atoms with Crippen LogP contribution in [0.1, 0.15) is 12.0 Å². The molecule has 0 N–H and O–H groups in total. The van der Waals surface area contributed by atoms with Gasteiger partial charge in [0.15, 0.2) is 0 Å². The summed E-state index contributed by atoms with van der Waals surface area (Å²) >= 11 is 0. The van der Waals surface area contributed by atoms with Crippen LogP contribution < -0.4 is 5.56 Å². The van der Waals surface area contributed by atoms with Crippen LogP contribution in [0.4, 0.5) is 22.0 Å². The van der Waals surface area contributed by atoms with Gasteiger partial charge in [-0.05, 0) is 30.2 Å². The maximum atomic E-state index is 13.6. The Labute approximate surface area is 166 Å². The van der Waals surface area contributed by atoms with Crippen LogP contribution in [0.2, 0.25) is 0 Å². The van der Waals surface area contributed by atoms with Crippen molar-refractivity contribution in [1.82, 2.24) is 13.9 Å². The van der Waals surface area contributed by atoms with Crippen molar-refractivity contribution < 1.29 is 26.7 Å². The number of nitrogens with zero attached hydrogens (tertiary/aromatic N) is 3. The molecule has 2 aromatic heterocycles.